The minimum absolute atomic E-state index is 0.288. The lowest BCUT2D eigenvalue weighted by Gasteiger charge is -2.20. The van der Waals surface area contributed by atoms with Crippen LogP contribution in [-0.2, 0) is 16.4 Å². The molecule has 1 heterocycles. The Morgan fingerprint density at radius 3 is 2.67 bits per heavy atom. The van der Waals surface area contributed by atoms with Crippen LogP contribution in [0.15, 0.2) is 45.8 Å². The first-order valence-electron chi connectivity index (χ1n) is 6.26. The molecule has 0 fully saturated rings. The summed E-state index contributed by atoms with van der Waals surface area (Å²) in [5, 5.41) is 0. The Morgan fingerprint density at radius 1 is 1.19 bits per heavy atom. The molecule has 2 aromatic rings. The second-order valence-electron chi connectivity index (χ2n) is 4.79. The van der Waals surface area contributed by atoms with Gasteiger partial charge < -0.3 is 5.73 Å². The highest BCUT2D eigenvalue weighted by Gasteiger charge is 2.32. The summed E-state index contributed by atoms with van der Waals surface area (Å²) in [7, 11) is -3.92. The lowest BCUT2D eigenvalue weighted by molar-refractivity contribution is 0.564. The molecule has 3 rings (SSSR count). The zero-order chi connectivity index (χ0) is 15.2. The van der Waals surface area contributed by atoms with Crippen molar-refractivity contribution in [1.29, 1.82) is 0 Å². The summed E-state index contributed by atoms with van der Waals surface area (Å²) >= 11 is 3.12. The number of rotatable bonds is 2. The van der Waals surface area contributed by atoms with Crippen molar-refractivity contribution in [3.63, 3.8) is 0 Å². The van der Waals surface area contributed by atoms with Gasteiger partial charge in [0, 0.05) is 16.7 Å². The Bertz CT molecular complexity index is 824. The second kappa shape index (κ2) is 4.99. The molecule has 0 radical (unpaired) electrons. The SMILES string of the molecule is Nc1ccc2c(c1)CCN2S(=O)(=O)c1ccc(Br)cc1F. The van der Waals surface area contributed by atoms with E-state index in [4.69, 9.17) is 5.73 Å². The van der Waals surface area contributed by atoms with Crippen molar-refractivity contribution in [3.05, 3.63) is 52.3 Å². The maximum atomic E-state index is 14.0. The molecule has 0 saturated heterocycles. The molecule has 110 valence electrons. The van der Waals surface area contributed by atoms with E-state index in [1.807, 2.05) is 0 Å². The highest BCUT2D eigenvalue weighted by Crippen LogP contribution is 2.35. The minimum Gasteiger partial charge on any atom is -0.399 e. The van der Waals surface area contributed by atoms with Crippen molar-refractivity contribution < 1.29 is 12.8 Å². The first kappa shape index (κ1) is 14.3. The molecule has 0 unspecified atom stereocenters. The number of hydrogen-bond donors (Lipinski definition) is 1. The fourth-order valence-electron chi connectivity index (χ4n) is 2.44. The van der Waals surface area contributed by atoms with Crippen LogP contribution in [0.4, 0.5) is 15.8 Å². The first-order chi connectivity index (χ1) is 9.89. The molecule has 0 atom stereocenters. The van der Waals surface area contributed by atoms with Crippen LogP contribution in [0.25, 0.3) is 0 Å². The Morgan fingerprint density at radius 2 is 1.95 bits per heavy atom. The number of fused-ring (bicyclic) bond motifs is 1. The van der Waals surface area contributed by atoms with Gasteiger partial charge in [0.25, 0.3) is 10.0 Å². The molecule has 0 aromatic heterocycles. The zero-order valence-electron chi connectivity index (χ0n) is 10.9. The summed E-state index contributed by atoms with van der Waals surface area (Å²) in [4.78, 5) is -0.324. The average molecular weight is 371 g/mol. The summed E-state index contributed by atoms with van der Waals surface area (Å²) in [6.45, 7) is 0.288. The van der Waals surface area contributed by atoms with E-state index in [0.717, 1.165) is 11.6 Å². The molecule has 0 amide bonds. The van der Waals surface area contributed by atoms with Crippen molar-refractivity contribution in [1.82, 2.24) is 0 Å². The molecule has 1 aliphatic heterocycles. The third-order valence-electron chi connectivity index (χ3n) is 3.42. The lowest BCUT2D eigenvalue weighted by Crippen LogP contribution is -2.29. The number of benzene rings is 2. The molecule has 2 aromatic carbocycles. The van der Waals surface area contributed by atoms with Gasteiger partial charge in [-0.15, -0.1) is 0 Å². The van der Waals surface area contributed by atoms with E-state index in [2.05, 4.69) is 15.9 Å². The van der Waals surface area contributed by atoms with E-state index in [-0.39, 0.29) is 11.4 Å². The topological polar surface area (TPSA) is 63.4 Å². The number of halogens is 2. The maximum absolute atomic E-state index is 14.0. The smallest absolute Gasteiger partial charge is 0.267 e. The van der Waals surface area contributed by atoms with E-state index in [0.29, 0.717) is 22.3 Å². The van der Waals surface area contributed by atoms with Gasteiger partial charge in [-0.25, -0.2) is 12.8 Å². The fourth-order valence-corrected chi connectivity index (χ4v) is 4.33. The van der Waals surface area contributed by atoms with Gasteiger partial charge in [-0.3, -0.25) is 4.31 Å². The molecule has 7 heteroatoms. The van der Waals surface area contributed by atoms with Crippen LogP contribution >= 0.6 is 15.9 Å². The van der Waals surface area contributed by atoms with Gasteiger partial charge in [-0.05, 0) is 48.4 Å². The molecule has 0 saturated carbocycles. The van der Waals surface area contributed by atoms with E-state index in [9.17, 15) is 12.8 Å². The average Bonchev–Trinajstić information content (AvgIpc) is 2.81. The largest absolute Gasteiger partial charge is 0.399 e. The van der Waals surface area contributed by atoms with Gasteiger partial charge >= 0.3 is 0 Å². The van der Waals surface area contributed by atoms with Crippen LogP contribution in [-0.4, -0.2) is 15.0 Å². The van der Waals surface area contributed by atoms with Crippen molar-refractivity contribution in [2.75, 3.05) is 16.6 Å². The van der Waals surface area contributed by atoms with Gasteiger partial charge in [-0.1, -0.05) is 15.9 Å². The molecule has 0 bridgehead atoms. The van der Waals surface area contributed by atoms with Crippen LogP contribution in [0.1, 0.15) is 5.56 Å². The maximum Gasteiger partial charge on any atom is 0.267 e. The van der Waals surface area contributed by atoms with Gasteiger partial charge in [0.05, 0.1) is 5.69 Å². The van der Waals surface area contributed by atoms with Crippen LogP contribution in [0.5, 0.6) is 0 Å². The third kappa shape index (κ3) is 2.40. The second-order valence-corrected chi connectivity index (χ2v) is 7.54. The quantitative estimate of drug-likeness (QED) is 0.826. The molecular weight excluding hydrogens is 359 g/mol. The highest BCUT2D eigenvalue weighted by molar-refractivity contribution is 9.10. The van der Waals surface area contributed by atoms with Crippen LogP contribution in [0.2, 0.25) is 0 Å². The molecule has 21 heavy (non-hydrogen) atoms. The van der Waals surface area contributed by atoms with Gasteiger partial charge in [-0.2, -0.15) is 0 Å². The van der Waals surface area contributed by atoms with E-state index < -0.39 is 15.8 Å². The monoisotopic (exact) mass is 370 g/mol. The standard InChI is InChI=1S/C14H12BrFN2O2S/c15-10-1-4-14(12(16)8-10)21(19,20)18-6-5-9-7-11(17)2-3-13(9)18/h1-4,7-8H,5-6,17H2. The van der Waals surface area contributed by atoms with Crippen LogP contribution in [0.3, 0.4) is 0 Å². The summed E-state index contributed by atoms with van der Waals surface area (Å²) in [6.07, 6.45) is 0.567. The summed E-state index contributed by atoms with van der Waals surface area (Å²) < 4.78 is 41.0. The Kier molecular flexibility index (Phi) is 3.41. The van der Waals surface area contributed by atoms with Gasteiger partial charge in [0.1, 0.15) is 10.7 Å². The summed E-state index contributed by atoms with van der Waals surface area (Å²) in [5.74, 6) is -0.770. The Balaban J connectivity index is 2.09. The fraction of sp³-hybridized carbons (Fsp3) is 0.143. The van der Waals surface area contributed by atoms with Crippen LogP contribution < -0.4 is 10.0 Å². The zero-order valence-corrected chi connectivity index (χ0v) is 13.3. The van der Waals surface area contributed by atoms with E-state index in [1.54, 1.807) is 18.2 Å². The third-order valence-corrected chi connectivity index (χ3v) is 5.76. The predicted molar refractivity (Wildman–Crippen MR) is 83.2 cm³/mol. The molecular formula is C14H12BrFN2O2S. The van der Waals surface area contributed by atoms with Crippen molar-refractivity contribution in [2.45, 2.75) is 11.3 Å². The van der Waals surface area contributed by atoms with E-state index >= 15 is 0 Å². The Labute approximate surface area is 130 Å². The van der Waals surface area contributed by atoms with Crippen molar-refractivity contribution in [2.24, 2.45) is 0 Å². The minimum atomic E-state index is -3.92. The summed E-state index contributed by atoms with van der Waals surface area (Å²) in [6, 6.07) is 8.98. The van der Waals surface area contributed by atoms with Gasteiger partial charge in [0.2, 0.25) is 0 Å². The molecule has 1 aliphatic rings. The van der Waals surface area contributed by atoms with Crippen LogP contribution in [0, 0.1) is 5.82 Å². The summed E-state index contributed by atoms with van der Waals surface area (Å²) in [5.41, 5.74) is 7.71. The number of anilines is 2. The van der Waals surface area contributed by atoms with Gasteiger partial charge in [0.15, 0.2) is 0 Å². The molecule has 2 N–H and O–H groups in total. The molecule has 0 aliphatic carbocycles. The number of nitrogens with two attached hydrogens (primary N) is 1. The lowest BCUT2D eigenvalue weighted by atomic mass is 10.1. The highest BCUT2D eigenvalue weighted by atomic mass is 79.9. The first-order valence-corrected chi connectivity index (χ1v) is 8.49. The number of hydrogen-bond acceptors (Lipinski definition) is 3. The normalized spacial score (nSPS) is 14.3. The number of sulfonamides is 1. The van der Waals surface area contributed by atoms with Crippen molar-refractivity contribution >= 4 is 37.3 Å². The number of nitrogens with zero attached hydrogens (tertiary/aromatic N) is 1. The van der Waals surface area contributed by atoms with Crippen molar-refractivity contribution in [3.8, 4) is 0 Å². The van der Waals surface area contributed by atoms with E-state index in [1.165, 1.54) is 16.4 Å². The molecule has 4 nitrogen and oxygen atoms in total. The number of nitrogen functional groups attached to an aromatic ring is 1. The molecule has 0 spiro atoms. The predicted octanol–water partition coefficient (Wildman–Crippen LogP) is 2.92. The Hall–Kier alpha value is -1.60.